The molecule has 1 N–H and O–H groups in total. The zero-order valence-corrected chi connectivity index (χ0v) is 12.8. The summed E-state index contributed by atoms with van der Waals surface area (Å²) in [5.41, 5.74) is 2.85. The fraction of sp³-hybridized carbons (Fsp3) is 0.333. The number of aliphatic hydroxyl groups excluding tert-OH is 1. The highest BCUT2D eigenvalue weighted by Crippen LogP contribution is 2.28. The molecule has 21 heavy (non-hydrogen) atoms. The van der Waals surface area contributed by atoms with Crippen molar-refractivity contribution in [3.8, 4) is 11.8 Å². The molecule has 3 heteroatoms. The second kappa shape index (κ2) is 6.80. The van der Waals surface area contributed by atoms with E-state index in [9.17, 15) is 0 Å². The molecule has 1 aliphatic heterocycles. The molecule has 0 aliphatic carbocycles. The third-order valence-electron chi connectivity index (χ3n) is 3.76. The summed E-state index contributed by atoms with van der Waals surface area (Å²) in [6.45, 7) is 1.99. The number of thiophene rings is 1. The Bertz CT molecular complexity index is 665. The summed E-state index contributed by atoms with van der Waals surface area (Å²) in [7, 11) is 0. The van der Waals surface area contributed by atoms with Crippen molar-refractivity contribution >= 4 is 17.0 Å². The van der Waals surface area contributed by atoms with E-state index >= 15 is 0 Å². The van der Waals surface area contributed by atoms with Crippen LogP contribution < -0.4 is 4.90 Å². The summed E-state index contributed by atoms with van der Waals surface area (Å²) in [6.07, 6.45) is 3.70. The molecule has 1 aromatic heterocycles. The van der Waals surface area contributed by atoms with Gasteiger partial charge in [0, 0.05) is 17.1 Å². The van der Waals surface area contributed by atoms with Crippen LogP contribution in [-0.2, 0) is 13.0 Å². The lowest BCUT2D eigenvalue weighted by atomic mass is 10.1. The maximum atomic E-state index is 8.76. The van der Waals surface area contributed by atoms with Crippen LogP contribution in [0.2, 0.25) is 0 Å². The summed E-state index contributed by atoms with van der Waals surface area (Å²) < 4.78 is 0. The zero-order chi connectivity index (χ0) is 14.5. The van der Waals surface area contributed by atoms with Gasteiger partial charge in [0.25, 0.3) is 0 Å². The van der Waals surface area contributed by atoms with E-state index in [4.69, 9.17) is 5.11 Å². The van der Waals surface area contributed by atoms with Gasteiger partial charge in [-0.05, 0) is 43.0 Å². The summed E-state index contributed by atoms with van der Waals surface area (Å²) in [5, 5.41) is 8.76. The van der Waals surface area contributed by atoms with Crippen molar-refractivity contribution in [1.82, 2.24) is 0 Å². The normalized spacial score (nSPS) is 14.0. The number of nitrogens with zero attached hydrogens (tertiary/aromatic N) is 1. The van der Waals surface area contributed by atoms with Crippen LogP contribution in [0.4, 0.5) is 5.69 Å². The number of fused-ring (bicyclic) bond motifs is 1. The molecule has 0 amide bonds. The van der Waals surface area contributed by atoms with Crippen LogP contribution in [0.5, 0.6) is 0 Å². The van der Waals surface area contributed by atoms with E-state index in [1.54, 1.807) is 11.3 Å². The minimum absolute atomic E-state index is 0.0767. The second-order valence-electron chi connectivity index (χ2n) is 5.23. The largest absolute Gasteiger partial charge is 0.384 e. The van der Waals surface area contributed by atoms with Gasteiger partial charge in [-0.15, -0.1) is 11.3 Å². The molecule has 0 unspecified atom stereocenters. The summed E-state index contributed by atoms with van der Waals surface area (Å²) in [5.74, 6) is 5.69. The van der Waals surface area contributed by atoms with E-state index in [0.29, 0.717) is 0 Å². The van der Waals surface area contributed by atoms with Gasteiger partial charge in [-0.1, -0.05) is 30.0 Å². The maximum absolute atomic E-state index is 8.76. The molecule has 0 saturated carbocycles. The Kier molecular flexibility index (Phi) is 4.59. The fourth-order valence-corrected chi connectivity index (χ4v) is 3.68. The highest BCUT2D eigenvalue weighted by atomic mass is 32.1. The van der Waals surface area contributed by atoms with Crippen LogP contribution in [0.3, 0.4) is 0 Å². The average molecular weight is 297 g/mol. The predicted octanol–water partition coefficient (Wildman–Crippen LogP) is 3.43. The highest BCUT2D eigenvalue weighted by Gasteiger charge is 2.15. The lowest BCUT2D eigenvalue weighted by Crippen LogP contribution is -2.22. The Labute approximate surface area is 130 Å². The van der Waals surface area contributed by atoms with Gasteiger partial charge in [0.2, 0.25) is 0 Å². The minimum atomic E-state index is -0.0767. The zero-order valence-electron chi connectivity index (χ0n) is 12.0. The van der Waals surface area contributed by atoms with Crippen molar-refractivity contribution in [2.45, 2.75) is 25.8 Å². The van der Waals surface area contributed by atoms with E-state index in [1.165, 1.54) is 35.4 Å². The quantitative estimate of drug-likeness (QED) is 0.858. The number of anilines is 1. The Hall–Kier alpha value is -1.76. The van der Waals surface area contributed by atoms with E-state index in [-0.39, 0.29) is 6.61 Å². The van der Waals surface area contributed by atoms with Gasteiger partial charge in [-0.3, -0.25) is 0 Å². The Morgan fingerprint density at radius 3 is 2.95 bits per heavy atom. The summed E-state index contributed by atoms with van der Waals surface area (Å²) in [4.78, 5) is 4.84. The molecular formula is C18H19NOS. The van der Waals surface area contributed by atoms with Gasteiger partial charge in [0.05, 0.1) is 11.4 Å². The molecule has 0 fully saturated rings. The van der Waals surface area contributed by atoms with Crippen molar-refractivity contribution < 1.29 is 5.11 Å². The lowest BCUT2D eigenvalue weighted by Gasteiger charge is -2.24. The maximum Gasteiger partial charge on any atom is 0.104 e. The fourth-order valence-electron chi connectivity index (χ4n) is 2.78. The molecular weight excluding hydrogens is 278 g/mol. The molecule has 1 aliphatic rings. The van der Waals surface area contributed by atoms with Crippen LogP contribution in [0.15, 0.2) is 36.4 Å². The van der Waals surface area contributed by atoms with Gasteiger partial charge in [0.15, 0.2) is 0 Å². The summed E-state index contributed by atoms with van der Waals surface area (Å²) in [6, 6.07) is 13.0. The molecule has 0 atom stereocenters. The van der Waals surface area contributed by atoms with Gasteiger partial charge in [-0.25, -0.2) is 0 Å². The van der Waals surface area contributed by atoms with Gasteiger partial charge in [0.1, 0.15) is 6.61 Å². The van der Waals surface area contributed by atoms with Crippen LogP contribution in [0.25, 0.3) is 0 Å². The van der Waals surface area contributed by atoms with Crippen molar-refractivity contribution in [3.63, 3.8) is 0 Å². The number of para-hydroxylation sites is 1. The SMILES string of the molecule is OCC#Cc1ccc(CN2CCCCc3ccccc32)s1. The van der Waals surface area contributed by atoms with E-state index in [2.05, 4.69) is 47.1 Å². The Morgan fingerprint density at radius 1 is 1.14 bits per heavy atom. The molecule has 108 valence electrons. The monoisotopic (exact) mass is 297 g/mol. The van der Waals surface area contributed by atoms with Crippen molar-refractivity contribution in [3.05, 3.63) is 51.7 Å². The number of hydrogen-bond acceptors (Lipinski definition) is 3. The third kappa shape index (κ3) is 3.47. The van der Waals surface area contributed by atoms with E-state index in [1.807, 2.05) is 6.07 Å². The lowest BCUT2D eigenvalue weighted by molar-refractivity contribution is 0.350. The number of benzene rings is 1. The molecule has 3 rings (SSSR count). The molecule has 2 nitrogen and oxygen atoms in total. The first-order chi connectivity index (χ1) is 10.4. The predicted molar refractivity (Wildman–Crippen MR) is 88.7 cm³/mol. The van der Waals surface area contributed by atoms with Gasteiger partial charge >= 0.3 is 0 Å². The second-order valence-corrected chi connectivity index (χ2v) is 6.40. The highest BCUT2D eigenvalue weighted by molar-refractivity contribution is 7.12. The van der Waals surface area contributed by atoms with Crippen molar-refractivity contribution in [1.29, 1.82) is 0 Å². The summed E-state index contributed by atoms with van der Waals surface area (Å²) >= 11 is 1.72. The molecule has 1 aromatic carbocycles. The van der Waals surface area contributed by atoms with E-state index < -0.39 is 0 Å². The van der Waals surface area contributed by atoms with E-state index in [0.717, 1.165) is 18.0 Å². The van der Waals surface area contributed by atoms with Crippen LogP contribution in [0, 0.1) is 11.8 Å². The van der Waals surface area contributed by atoms with Crippen molar-refractivity contribution in [2.75, 3.05) is 18.1 Å². The van der Waals surface area contributed by atoms with Gasteiger partial charge < -0.3 is 10.0 Å². The first-order valence-corrected chi connectivity index (χ1v) is 8.20. The number of hydrogen-bond donors (Lipinski definition) is 1. The number of rotatable bonds is 2. The standard InChI is InChI=1S/C18H19NOS/c20-13-5-8-16-10-11-17(21-16)14-19-12-4-3-7-15-6-1-2-9-18(15)19/h1-2,6,9-11,20H,3-4,7,12-14H2. The first kappa shape index (κ1) is 14.2. The average Bonchev–Trinajstić information content (AvgIpc) is 2.86. The molecule has 0 bridgehead atoms. The smallest absolute Gasteiger partial charge is 0.104 e. The number of aliphatic hydroxyl groups is 1. The van der Waals surface area contributed by atoms with Crippen LogP contribution in [0.1, 0.15) is 28.2 Å². The molecule has 0 spiro atoms. The molecule has 0 radical (unpaired) electrons. The Morgan fingerprint density at radius 2 is 2.05 bits per heavy atom. The number of aryl methyl sites for hydroxylation is 1. The Balaban J connectivity index is 1.79. The van der Waals surface area contributed by atoms with Crippen LogP contribution in [-0.4, -0.2) is 18.3 Å². The van der Waals surface area contributed by atoms with Gasteiger partial charge in [-0.2, -0.15) is 0 Å². The molecule has 2 heterocycles. The van der Waals surface area contributed by atoms with Crippen molar-refractivity contribution in [2.24, 2.45) is 0 Å². The minimum Gasteiger partial charge on any atom is -0.384 e. The molecule has 0 saturated heterocycles. The third-order valence-corrected chi connectivity index (χ3v) is 4.74. The first-order valence-electron chi connectivity index (χ1n) is 7.38. The molecule has 2 aromatic rings. The van der Waals surface area contributed by atoms with Crippen LogP contribution >= 0.6 is 11.3 Å². The topological polar surface area (TPSA) is 23.5 Å².